The van der Waals surface area contributed by atoms with E-state index in [-0.39, 0.29) is 6.04 Å². The van der Waals surface area contributed by atoms with E-state index in [0.717, 1.165) is 38.9 Å². The first-order valence-corrected chi connectivity index (χ1v) is 8.24. The number of nitrogens with zero attached hydrogens (tertiary/aromatic N) is 2. The van der Waals surface area contributed by atoms with Crippen LogP contribution in [0.1, 0.15) is 50.1 Å². The maximum absolute atomic E-state index is 12.6. The molecule has 1 amide bonds. The van der Waals surface area contributed by atoms with E-state index in [1.54, 1.807) is 6.20 Å². The first-order chi connectivity index (χ1) is 10.3. The summed E-state index contributed by atoms with van der Waals surface area (Å²) in [5.74, 6) is 1.01. The van der Waals surface area contributed by atoms with E-state index < -0.39 is 0 Å². The van der Waals surface area contributed by atoms with Gasteiger partial charge in [-0.1, -0.05) is 6.07 Å². The molecule has 0 aromatic carbocycles. The van der Waals surface area contributed by atoms with Crippen molar-refractivity contribution < 1.29 is 4.79 Å². The molecule has 1 aromatic rings. The average Bonchev–Trinajstić information content (AvgIpc) is 3.04. The lowest BCUT2D eigenvalue weighted by Gasteiger charge is -2.27. The van der Waals surface area contributed by atoms with Gasteiger partial charge >= 0.3 is 0 Å². The number of rotatable bonds is 4. The Morgan fingerprint density at radius 3 is 3.10 bits per heavy atom. The molecule has 1 N–H and O–H groups in total. The molecule has 2 aliphatic rings. The van der Waals surface area contributed by atoms with Gasteiger partial charge in [-0.3, -0.25) is 9.78 Å². The smallest absolute Gasteiger partial charge is 0.223 e. The van der Waals surface area contributed by atoms with E-state index in [4.69, 9.17) is 0 Å². The van der Waals surface area contributed by atoms with Crippen molar-refractivity contribution in [3.05, 3.63) is 30.1 Å². The van der Waals surface area contributed by atoms with Gasteiger partial charge in [-0.15, -0.1) is 0 Å². The molecular formula is C17H25N3O. The molecule has 2 atom stereocenters. The SMILES string of the molecule is O=C(CCC1CCCNC1)N1CCCC1c1cccnc1. The molecule has 0 radical (unpaired) electrons. The topological polar surface area (TPSA) is 45.2 Å². The Labute approximate surface area is 126 Å². The summed E-state index contributed by atoms with van der Waals surface area (Å²) in [6, 6.07) is 4.30. The van der Waals surface area contributed by atoms with Crippen LogP contribution in [0, 0.1) is 5.92 Å². The minimum Gasteiger partial charge on any atom is -0.336 e. The highest BCUT2D eigenvalue weighted by Crippen LogP contribution is 2.32. The molecule has 21 heavy (non-hydrogen) atoms. The highest BCUT2D eigenvalue weighted by molar-refractivity contribution is 5.77. The largest absolute Gasteiger partial charge is 0.336 e. The normalized spacial score (nSPS) is 26.0. The third kappa shape index (κ3) is 3.62. The van der Waals surface area contributed by atoms with Gasteiger partial charge in [0.15, 0.2) is 0 Å². The Morgan fingerprint density at radius 1 is 1.38 bits per heavy atom. The molecule has 4 heteroatoms. The maximum Gasteiger partial charge on any atom is 0.223 e. The van der Waals surface area contributed by atoms with Crippen LogP contribution in [-0.4, -0.2) is 35.4 Å². The van der Waals surface area contributed by atoms with Crippen molar-refractivity contribution in [1.82, 2.24) is 15.2 Å². The minimum atomic E-state index is 0.246. The van der Waals surface area contributed by atoms with Crippen molar-refractivity contribution in [2.75, 3.05) is 19.6 Å². The number of nitrogens with one attached hydrogen (secondary N) is 1. The number of pyridine rings is 1. The van der Waals surface area contributed by atoms with Gasteiger partial charge in [-0.2, -0.15) is 0 Å². The first kappa shape index (κ1) is 14.5. The maximum atomic E-state index is 12.6. The van der Waals surface area contributed by atoms with Crippen LogP contribution in [0.25, 0.3) is 0 Å². The quantitative estimate of drug-likeness (QED) is 0.925. The van der Waals surface area contributed by atoms with Crippen LogP contribution in [0.4, 0.5) is 0 Å². The fraction of sp³-hybridized carbons (Fsp3) is 0.647. The fourth-order valence-electron chi connectivity index (χ4n) is 3.63. The number of hydrogen-bond donors (Lipinski definition) is 1. The fourth-order valence-corrected chi connectivity index (χ4v) is 3.63. The monoisotopic (exact) mass is 287 g/mol. The highest BCUT2D eigenvalue weighted by atomic mass is 16.2. The number of aromatic nitrogens is 1. The van der Waals surface area contributed by atoms with Gasteiger partial charge in [0.2, 0.25) is 5.91 Å². The summed E-state index contributed by atoms with van der Waals surface area (Å²) in [6.07, 6.45) is 10.1. The predicted molar refractivity (Wildman–Crippen MR) is 82.8 cm³/mol. The zero-order valence-electron chi connectivity index (χ0n) is 12.6. The van der Waals surface area contributed by atoms with E-state index in [1.165, 1.54) is 18.4 Å². The van der Waals surface area contributed by atoms with Gasteiger partial charge in [0.05, 0.1) is 6.04 Å². The van der Waals surface area contributed by atoms with Gasteiger partial charge < -0.3 is 10.2 Å². The third-order valence-electron chi connectivity index (χ3n) is 4.81. The summed E-state index contributed by atoms with van der Waals surface area (Å²) < 4.78 is 0. The molecule has 3 rings (SSSR count). The summed E-state index contributed by atoms with van der Waals surface area (Å²) in [7, 11) is 0. The lowest BCUT2D eigenvalue weighted by molar-refractivity contribution is -0.132. The Hall–Kier alpha value is -1.42. The molecule has 114 valence electrons. The van der Waals surface area contributed by atoms with Crippen molar-refractivity contribution in [2.24, 2.45) is 5.92 Å². The van der Waals surface area contributed by atoms with Crippen LogP contribution in [0.15, 0.2) is 24.5 Å². The molecule has 2 unspecified atom stereocenters. The molecule has 0 saturated carbocycles. The number of piperidine rings is 1. The Morgan fingerprint density at radius 2 is 2.33 bits per heavy atom. The van der Waals surface area contributed by atoms with Crippen LogP contribution in [0.3, 0.4) is 0 Å². The zero-order chi connectivity index (χ0) is 14.5. The Balaban J connectivity index is 1.55. The molecule has 0 spiro atoms. The Kier molecular flexibility index (Phi) is 4.86. The number of amides is 1. The molecule has 2 saturated heterocycles. The summed E-state index contributed by atoms with van der Waals surface area (Å²) in [5, 5.41) is 3.43. The summed E-state index contributed by atoms with van der Waals surface area (Å²) in [4.78, 5) is 18.8. The predicted octanol–water partition coefficient (Wildman–Crippen LogP) is 2.52. The zero-order valence-corrected chi connectivity index (χ0v) is 12.6. The first-order valence-electron chi connectivity index (χ1n) is 8.24. The van der Waals surface area contributed by atoms with E-state index in [2.05, 4.69) is 21.3 Å². The second kappa shape index (κ2) is 7.03. The van der Waals surface area contributed by atoms with E-state index in [1.807, 2.05) is 12.3 Å². The van der Waals surface area contributed by atoms with Gasteiger partial charge in [-0.05, 0) is 62.7 Å². The van der Waals surface area contributed by atoms with Gasteiger partial charge in [0.25, 0.3) is 0 Å². The summed E-state index contributed by atoms with van der Waals surface area (Å²) >= 11 is 0. The van der Waals surface area contributed by atoms with Crippen LogP contribution in [0.2, 0.25) is 0 Å². The van der Waals surface area contributed by atoms with E-state index >= 15 is 0 Å². The van der Waals surface area contributed by atoms with Crippen molar-refractivity contribution >= 4 is 5.91 Å². The standard InChI is InChI=1S/C17H25N3O/c21-17(8-7-14-4-1-9-18-12-14)20-11-3-6-16(20)15-5-2-10-19-13-15/h2,5,10,13-14,16,18H,1,3-4,6-9,11-12H2. The molecule has 2 fully saturated rings. The summed E-state index contributed by atoms with van der Waals surface area (Å²) in [5.41, 5.74) is 1.18. The number of carbonyl (C=O) groups is 1. The molecule has 1 aromatic heterocycles. The van der Waals surface area contributed by atoms with Crippen LogP contribution < -0.4 is 5.32 Å². The molecule has 0 bridgehead atoms. The van der Waals surface area contributed by atoms with Crippen LogP contribution in [0.5, 0.6) is 0 Å². The van der Waals surface area contributed by atoms with Crippen molar-refractivity contribution in [3.8, 4) is 0 Å². The van der Waals surface area contributed by atoms with Gasteiger partial charge in [0.1, 0.15) is 0 Å². The Bertz CT molecular complexity index is 456. The summed E-state index contributed by atoms with van der Waals surface area (Å²) in [6.45, 7) is 3.13. The second-order valence-corrected chi connectivity index (χ2v) is 6.28. The third-order valence-corrected chi connectivity index (χ3v) is 4.81. The lowest BCUT2D eigenvalue weighted by Crippen LogP contribution is -2.33. The van der Waals surface area contributed by atoms with Gasteiger partial charge in [0, 0.05) is 25.4 Å². The molecule has 4 nitrogen and oxygen atoms in total. The number of carbonyl (C=O) groups excluding carboxylic acids is 1. The van der Waals surface area contributed by atoms with E-state index in [9.17, 15) is 4.79 Å². The lowest BCUT2D eigenvalue weighted by atomic mass is 9.94. The highest BCUT2D eigenvalue weighted by Gasteiger charge is 2.30. The van der Waals surface area contributed by atoms with Crippen molar-refractivity contribution in [2.45, 2.75) is 44.6 Å². The second-order valence-electron chi connectivity index (χ2n) is 6.28. The molecular weight excluding hydrogens is 262 g/mol. The van der Waals surface area contributed by atoms with Gasteiger partial charge in [-0.25, -0.2) is 0 Å². The molecule has 0 aliphatic carbocycles. The minimum absolute atomic E-state index is 0.246. The van der Waals surface area contributed by atoms with Crippen LogP contribution in [-0.2, 0) is 4.79 Å². The van der Waals surface area contributed by atoms with Crippen molar-refractivity contribution in [3.63, 3.8) is 0 Å². The number of hydrogen-bond acceptors (Lipinski definition) is 3. The molecule has 2 aliphatic heterocycles. The number of likely N-dealkylation sites (tertiary alicyclic amines) is 1. The van der Waals surface area contributed by atoms with Crippen LogP contribution >= 0.6 is 0 Å². The molecule has 3 heterocycles. The van der Waals surface area contributed by atoms with E-state index in [0.29, 0.717) is 18.2 Å². The van der Waals surface area contributed by atoms with Crippen molar-refractivity contribution in [1.29, 1.82) is 0 Å². The average molecular weight is 287 g/mol.